The molecule has 7 heteroatoms. The van der Waals surface area contributed by atoms with E-state index in [0.717, 1.165) is 0 Å². The quantitative estimate of drug-likeness (QED) is 0.652. The molecule has 0 bridgehead atoms. The third-order valence-electron chi connectivity index (χ3n) is 2.15. The van der Waals surface area contributed by atoms with Gasteiger partial charge in [-0.3, -0.25) is 10.1 Å². The van der Waals surface area contributed by atoms with Gasteiger partial charge in [0.1, 0.15) is 17.2 Å². The van der Waals surface area contributed by atoms with Crippen LogP contribution in [-0.2, 0) is 0 Å². The molecular formula is C10H7ClN4O2. The summed E-state index contributed by atoms with van der Waals surface area (Å²) in [6.45, 7) is 0. The van der Waals surface area contributed by atoms with Crippen molar-refractivity contribution in [1.82, 2.24) is 9.97 Å². The topological polar surface area (TPSA) is 94.9 Å². The first-order chi connectivity index (χ1) is 8.09. The largest absolute Gasteiger partial charge is 0.382 e. The van der Waals surface area contributed by atoms with E-state index in [1.165, 1.54) is 18.5 Å². The Morgan fingerprint density at radius 2 is 2.12 bits per heavy atom. The van der Waals surface area contributed by atoms with Crippen molar-refractivity contribution in [2.45, 2.75) is 0 Å². The summed E-state index contributed by atoms with van der Waals surface area (Å²) in [4.78, 5) is 17.9. The van der Waals surface area contributed by atoms with Gasteiger partial charge in [0, 0.05) is 17.7 Å². The standard InChI is InChI=1S/C10H7ClN4O2/c11-8-9(13-5-14-10(8)12)6-2-1-3-7(4-6)15(16)17/h1-5H,(H2,12,13,14). The number of rotatable bonds is 2. The fourth-order valence-electron chi connectivity index (χ4n) is 1.35. The van der Waals surface area contributed by atoms with Crippen LogP contribution in [0.4, 0.5) is 11.5 Å². The Bertz CT molecular complexity index is 588. The van der Waals surface area contributed by atoms with Crippen LogP contribution in [0.1, 0.15) is 0 Å². The van der Waals surface area contributed by atoms with E-state index in [4.69, 9.17) is 17.3 Å². The Morgan fingerprint density at radius 1 is 1.35 bits per heavy atom. The Kier molecular flexibility index (Phi) is 2.88. The number of aromatic nitrogens is 2. The maximum atomic E-state index is 10.7. The summed E-state index contributed by atoms with van der Waals surface area (Å²) in [6, 6.07) is 6.00. The van der Waals surface area contributed by atoms with E-state index in [1.807, 2.05) is 0 Å². The number of nitrogens with zero attached hydrogens (tertiary/aromatic N) is 3. The number of halogens is 1. The van der Waals surface area contributed by atoms with Crippen LogP contribution < -0.4 is 5.73 Å². The zero-order chi connectivity index (χ0) is 12.4. The average Bonchev–Trinajstić information content (AvgIpc) is 2.33. The maximum Gasteiger partial charge on any atom is 0.270 e. The van der Waals surface area contributed by atoms with Gasteiger partial charge < -0.3 is 5.73 Å². The number of nitro benzene ring substituents is 1. The molecule has 86 valence electrons. The van der Waals surface area contributed by atoms with E-state index in [1.54, 1.807) is 12.1 Å². The highest BCUT2D eigenvalue weighted by molar-refractivity contribution is 6.35. The van der Waals surface area contributed by atoms with Crippen LogP contribution in [0.15, 0.2) is 30.6 Å². The van der Waals surface area contributed by atoms with E-state index >= 15 is 0 Å². The van der Waals surface area contributed by atoms with Crippen LogP contribution in [0.25, 0.3) is 11.3 Å². The molecule has 0 saturated carbocycles. The highest BCUT2D eigenvalue weighted by Crippen LogP contribution is 2.30. The number of hydrogen-bond donors (Lipinski definition) is 1. The molecule has 0 saturated heterocycles. The van der Waals surface area contributed by atoms with Crippen LogP contribution in [0.3, 0.4) is 0 Å². The Hall–Kier alpha value is -2.21. The highest BCUT2D eigenvalue weighted by Gasteiger charge is 2.12. The fourth-order valence-corrected chi connectivity index (χ4v) is 1.56. The fraction of sp³-hybridized carbons (Fsp3) is 0. The lowest BCUT2D eigenvalue weighted by Crippen LogP contribution is -1.96. The first kappa shape index (κ1) is 11.3. The van der Waals surface area contributed by atoms with E-state index in [2.05, 4.69) is 9.97 Å². The smallest absolute Gasteiger partial charge is 0.270 e. The number of nitro groups is 1. The molecule has 0 amide bonds. The zero-order valence-corrected chi connectivity index (χ0v) is 9.26. The van der Waals surface area contributed by atoms with Gasteiger partial charge in [-0.15, -0.1) is 0 Å². The van der Waals surface area contributed by atoms with Gasteiger partial charge in [0.15, 0.2) is 0 Å². The molecule has 1 aromatic carbocycles. The first-order valence-electron chi connectivity index (χ1n) is 4.60. The second kappa shape index (κ2) is 4.34. The lowest BCUT2D eigenvalue weighted by Gasteiger charge is -2.04. The maximum absolute atomic E-state index is 10.7. The molecule has 1 aromatic heterocycles. The summed E-state index contributed by atoms with van der Waals surface area (Å²) in [5, 5.41) is 10.8. The molecule has 6 nitrogen and oxygen atoms in total. The molecule has 1 heterocycles. The minimum absolute atomic E-state index is 0.0317. The predicted molar refractivity (Wildman–Crippen MR) is 63.5 cm³/mol. The lowest BCUT2D eigenvalue weighted by atomic mass is 10.1. The van der Waals surface area contributed by atoms with Gasteiger partial charge >= 0.3 is 0 Å². The lowest BCUT2D eigenvalue weighted by molar-refractivity contribution is -0.384. The monoisotopic (exact) mass is 250 g/mol. The average molecular weight is 251 g/mol. The minimum atomic E-state index is -0.484. The van der Waals surface area contributed by atoms with E-state index in [9.17, 15) is 10.1 Å². The van der Waals surface area contributed by atoms with Crippen molar-refractivity contribution in [3.8, 4) is 11.3 Å². The number of hydrogen-bond acceptors (Lipinski definition) is 5. The predicted octanol–water partition coefficient (Wildman–Crippen LogP) is 2.29. The Balaban J connectivity index is 2.57. The van der Waals surface area contributed by atoms with Crippen LogP contribution >= 0.6 is 11.6 Å². The summed E-state index contributed by atoms with van der Waals surface area (Å²) < 4.78 is 0. The minimum Gasteiger partial charge on any atom is -0.382 e. The number of non-ortho nitro benzene ring substituents is 1. The third-order valence-corrected chi connectivity index (χ3v) is 2.52. The van der Waals surface area contributed by atoms with E-state index < -0.39 is 4.92 Å². The van der Waals surface area contributed by atoms with Crippen LogP contribution in [0.5, 0.6) is 0 Å². The number of anilines is 1. The van der Waals surface area contributed by atoms with Crippen LogP contribution in [0, 0.1) is 10.1 Å². The summed E-state index contributed by atoms with van der Waals surface area (Å²) in [5.74, 6) is 0.142. The summed E-state index contributed by atoms with van der Waals surface area (Å²) >= 11 is 5.94. The summed E-state index contributed by atoms with van der Waals surface area (Å²) in [6.07, 6.45) is 1.26. The second-order valence-corrected chi connectivity index (χ2v) is 3.61. The molecular weight excluding hydrogens is 244 g/mol. The van der Waals surface area contributed by atoms with Crippen molar-refractivity contribution >= 4 is 23.1 Å². The van der Waals surface area contributed by atoms with Gasteiger partial charge in [0.25, 0.3) is 5.69 Å². The van der Waals surface area contributed by atoms with E-state index in [-0.39, 0.29) is 16.5 Å². The summed E-state index contributed by atoms with van der Waals surface area (Å²) in [7, 11) is 0. The van der Waals surface area contributed by atoms with Gasteiger partial charge in [-0.2, -0.15) is 0 Å². The molecule has 0 radical (unpaired) electrons. The molecule has 2 rings (SSSR count). The van der Waals surface area contributed by atoms with Crippen molar-refractivity contribution in [1.29, 1.82) is 0 Å². The first-order valence-corrected chi connectivity index (χ1v) is 4.98. The van der Waals surface area contributed by atoms with Gasteiger partial charge in [-0.25, -0.2) is 9.97 Å². The van der Waals surface area contributed by atoms with Crippen molar-refractivity contribution in [3.05, 3.63) is 45.7 Å². The third kappa shape index (κ3) is 2.16. The molecule has 2 N–H and O–H groups in total. The Morgan fingerprint density at radius 3 is 2.82 bits per heavy atom. The second-order valence-electron chi connectivity index (χ2n) is 3.23. The normalized spacial score (nSPS) is 10.2. The molecule has 0 spiro atoms. The SMILES string of the molecule is Nc1ncnc(-c2cccc([N+](=O)[O-])c2)c1Cl. The van der Waals surface area contributed by atoms with Crippen LogP contribution in [-0.4, -0.2) is 14.9 Å². The van der Waals surface area contributed by atoms with Crippen LogP contribution in [0.2, 0.25) is 5.02 Å². The van der Waals surface area contributed by atoms with Gasteiger partial charge in [-0.1, -0.05) is 23.7 Å². The molecule has 0 aliphatic rings. The number of nitrogen functional groups attached to an aromatic ring is 1. The number of benzene rings is 1. The van der Waals surface area contributed by atoms with Gasteiger partial charge in [-0.05, 0) is 0 Å². The molecule has 0 fully saturated rings. The molecule has 2 aromatic rings. The molecule has 0 aliphatic heterocycles. The Labute approximate surface area is 101 Å². The van der Waals surface area contributed by atoms with Crippen molar-refractivity contribution in [2.75, 3.05) is 5.73 Å². The highest BCUT2D eigenvalue weighted by atomic mass is 35.5. The number of nitrogens with two attached hydrogens (primary N) is 1. The van der Waals surface area contributed by atoms with Gasteiger partial charge in [0.05, 0.1) is 10.6 Å². The zero-order valence-electron chi connectivity index (χ0n) is 8.50. The van der Waals surface area contributed by atoms with E-state index in [0.29, 0.717) is 11.3 Å². The molecule has 0 aliphatic carbocycles. The molecule has 0 atom stereocenters. The van der Waals surface area contributed by atoms with Crippen molar-refractivity contribution in [2.24, 2.45) is 0 Å². The van der Waals surface area contributed by atoms with Crippen molar-refractivity contribution < 1.29 is 4.92 Å². The van der Waals surface area contributed by atoms with Crippen molar-refractivity contribution in [3.63, 3.8) is 0 Å². The molecule has 0 unspecified atom stereocenters. The molecule has 17 heavy (non-hydrogen) atoms. The summed E-state index contributed by atoms with van der Waals surface area (Å²) in [5.41, 5.74) is 6.41. The van der Waals surface area contributed by atoms with Gasteiger partial charge in [0.2, 0.25) is 0 Å².